The van der Waals surface area contributed by atoms with Crippen LogP contribution in [-0.4, -0.2) is 10.8 Å². The average Bonchev–Trinajstić information content (AvgIpc) is 2.80. The number of pyridine rings is 1. The van der Waals surface area contributed by atoms with Crippen LogP contribution in [-0.2, 0) is 12.6 Å². The number of Topliss-reactive ketones (excluding diaryl/α,β-unsaturated/α-hetero) is 1. The molecule has 0 saturated carbocycles. The molecule has 0 amide bonds. The smallest absolute Gasteiger partial charge is 0.294 e. The minimum atomic E-state index is -4.34. The van der Waals surface area contributed by atoms with Crippen molar-refractivity contribution in [1.82, 2.24) is 4.98 Å². The quantitative estimate of drug-likeness (QED) is 0.791. The lowest BCUT2D eigenvalue weighted by Crippen LogP contribution is -2.04. The van der Waals surface area contributed by atoms with E-state index >= 15 is 0 Å². The molecule has 2 aromatic rings. The third-order valence-corrected chi connectivity index (χ3v) is 3.48. The number of carbonyl (C=O) groups is 1. The minimum absolute atomic E-state index is 0.0428. The molecule has 1 aliphatic carbocycles. The van der Waals surface area contributed by atoms with Gasteiger partial charge in [0.15, 0.2) is 5.78 Å². The Kier molecular flexibility index (Phi) is 2.85. The van der Waals surface area contributed by atoms with Gasteiger partial charge in [0, 0.05) is 29.9 Å². The Morgan fingerprint density at radius 2 is 1.60 bits per heavy atom. The van der Waals surface area contributed by atoms with Crippen molar-refractivity contribution in [3.8, 4) is 11.1 Å². The summed E-state index contributed by atoms with van der Waals surface area (Å²) >= 11 is 0. The van der Waals surface area contributed by atoms with E-state index in [9.17, 15) is 18.0 Å². The number of ketones is 1. The maximum Gasteiger partial charge on any atom is 0.416 e. The fourth-order valence-corrected chi connectivity index (χ4v) is 2.46. The van der Waals surface area contributed by atoms with Gasteiger partial charge in [-0.1, -0.05) is 12.1 Å². The molecule has 0 aliphatic heterocycles. The molecule has 1 aliphatic rings. The Morgan fingerprint density at radius 1 is 0.950 bits per heavy atom. The highest BCUT2D eigenvalue weighted by atomic mass is 19.4. The molecular formula is C15H10F3NO. The number of alkyl halides is 3. The number of hydrogen-bond acceptors (Lipinski definition) is 2. The second kappa shape index (κ2) is 4.44. The van der Waals surface area contributed by atoms with Gasteiger partial charge in [0.25, 0.3) is 0 Å². The number of fused-ring (bicyclic) bond motifs is 1. The molecule has 20 heavy (non-hydrogen) atoms. The molecule has 0 unspecified atom stereocenters. The molecule has 0 spiro atoms. The van der Waals surface area contributed by atoms with Crippen LogP contribution in [0.3, 0.4) is 0 Å². The summed E-state index contributed by atoms with van der Waals surface area (Å²) in [5.41, 5.74) is 2.17. The third kappa shape index (κ3) is 2.09. The van der Waals surface area contributed by atoms with Crippen molar-refractivity contribution in [3.05, 3.63) is 53.3 Å². The van der Waals surface area contributed by atoms with Gasteiger partial charge in [0.05, 0.1) is 5.56 Å². The highest BCUT2D eigenvalue weighted by Crippen LogP contribution is 2.34. The summed E-state index contributed by atoms with van der Waals surface area (Å²) in [6.45, 7) is 0. The van der Waals surface area contributed by atoms with Gasteiger partial charge in [0.1, 0.15) is 0 Å². The maximum atomic E-state index is 12.5. The van der Waals surface area contributed by atoms with E-state index in [1.165, 1.54) is 18.3 Å². The van der Waals surface area contributed by atoms with Crippen LogP contribution < -0.4 is 0 Å². The Bertz CT molecular complexity index is 675. The monoisotopic (exact) mass is 277 g/mol. The van der Waals surface area contributed by atoms with Gasteiger partial charge >= 0.3 is 6.18 Å². The van der Waals surface area contributed by atoms with Crippen LogP contribution in [0.15, 0.2) is 36.7 Å². The first-order valence-corrected chi connectivity index (χ1v) is 6.14. The molecule has 2 nitrogen and oxygen atoms in total. The highest BCUT2D eigenvalue weighted by molar-refractivity contribution is 6.02. The summed E-state index contributed by atoms with van der Waals surface area (Å²) in [5.74, 6) is 0.0428. The van der Waals surface area contributed by atoms with Gasteiger partial charge in [-0.25, -0.2) is 0 Å². The van der Waals surface area contributed by atoms with Crippen molar-refractivity contribution in [2.24, 2.45) is 0 Å². The Morgan fingerprint density at radius 3 is 2.25 bits per heavy atom. The van der Waals surface area contributed by atoms with E-state index < -0.39 is 11.7 Å². The van der Waals surface area contributed by atoms with Gasteiger partial charge < -0.3 is 0 Å². The number of nitrogens with zero attached hydrogens (tertiary/aromatic N) is 1. The van der Waals surface area contributed by atoms with Crippen LogP contribution in [0.25, 0.3) is 11.1 Å². The number of aromatic nitrogens is 1. The van der Waals surface area contributed by atoms with Crippen molar-refractivity contribution in [2.45, 2.75) is 19.0 Å². The molecule has 0 radical (unpaired) electrons. The zero-order chi connectivity index (χ0) is 14.3. The van der Waals surface area contributed by atoms with Gasteiger partial charge in [-0.15, -0.1) is 0 Å². The van der Waals surface area contributed by atoms with Gasteiger partial charge in [0.2, 0.25) is 0 Å². The van der Waals surface area contributed by atoms with E-state index in [4.69, 9.17) is 0 Å². The van der Waals surface area contributed by atoms with Crippen molar-refractivity contribution >= 4 is 5.78 Å². The summed E-state index contributed by atoms with van der Waals surface area (Å²) in [6.07, 6.45) is -0.161. The molecule has 1 aromatic carbocycles. The van der Waals surface area contributed by atoms with E-state index in [1.54, 1.807) is 6.20 Å². The molecule has 102 valence electrons. The highest BCUT2D eigenvalue weighted by Gasteiger charge is 2.30. The van der Waals surface area contributed by atoms with Crippen LogP contribution in [0.2, 0.25) is 0 Å². The van der Waals surface area contributed by atoms with Crippen LogP contribution >= 0.6 is 0 Å². The first kappa shape index (κ1) is 12.8. The van der Waals surface area contributed by atoms with Crippen LogP contribution in [0.4, 0.5) is 13.2 Å². The fourth-order valence-electron chi connectivity index (χ4n) is 2.46. The fraction of sp³-hybridized carbons (Fsp3) is 0.200. The van der Waals surface area contributed by atoms with Crippen molar-refractivity contribution in [2.75, 3.05) is 0 Å². The van der Waals surface area contributed by atoms with E-state index in [0.29, 0.717) is 24.0 Å². The molecule has 1 aromatic heterocycles. The average molecular weight is 277 g/mol. The molecule has 0 atom stereocenters. The molecule has 0 bridgehead atoms. The lowest BCUT2D eigenvalue weighted by Gasteiger charge is -2.10. The maximum absolute atomic E-state index is 12.5. The molecular weight excluding hydrogens is 267 g/mol. The van der Waals surface area contributed by atoms with Crippen molar-refractivity contribution < 1.29 is 18.0 Å². The van der Waals surface area contributed by atoms with E-state index in [0.717, 1.165) is 23.3 Å². The van der Waals surface area contributed by atoms with Gasteiger partial charge in [-0.3, -0.25) is 9.78 Å². The minimum Gasteiger partial charge on any atom is -0.294 e. The Labute approximate surface area is 113 Å². The number of hydrogen-bond donors (Lipinski definition) is 0. The van der Waals surface area contributed by atoms with Gasteiger partial charge in [-0.2, -0.15) is 13.2 Å². The predicted octanol–water partition coefficient (Wildman–Crippen LogP) is 3.90. The summed E-state index contributed by atoms with van der Waals surface area (Å²) < 4.78 is 37.6. The molecule has 0 N–H and O–H groups in total. The summed E-state index contributed by atoms with van der Waals surface area (Å²) in [6, 6.07) is 4.93. The summed E-state index contributed by atoms with van der Waals surface area (Å²) in [4.78, 5) is 15.7. The van der Waals surface area contributed by atoms with E-state index in [2.05, 4.69) is 4.98 Å². The second-order valence-electron chi connectivity index (χ2n) is 4.71. The zero-order valence-corrected chi connectivity index (χ0v) is 10.4. The molecule has 0 saturated heterocycles. The number of carbonyl (C=O) groups excluding carboxylic acids is 1. The second-order valence-corrected chi connectivity index (χ2v) is 4.71. The molecule has 1 heterocycles. The molecule has 3 rings (SSSR count). The molecule has 5 heteroatoms. The van der Waals surface area contributed by atoms with Gasteiger partial charge in [-0.05, 0) is 29.7 Å². The Balaban J connectivity index is 2.05. The van der Waals surface area contributed by atoms with Crippen molar-refractivity contribution in [3.63, 3.8) is 0 Å². The zero-order valence-electron chi connectivity index (χ0n) is 10.4. The van der Waals surface area contributed by atoms with Crippen LogP contribution in [0, 0.1) is 0 Å². The van der Waals surface area contributed by atoms with Crippen LogP contribution in [0.5, 0.6) is 0 Å². The summed E-state index contributed by atoms with van der Waals surface area (Å²) in [7, 11) is 0. The van der Waals surface area contributed by atoms with Crippen LogP contribution in [0.1, 0.15) is 27.9 Å². The van der Waals surface area contributed by atoms with E-state index in [1.807, 2.05) is 0 Å². The standard InChI is InChI=1S/C15H10F3NO/c16-15(17,18)10-3-1-9(2-4-10)12-7-19-8-13-11(12)5-6-14(13)20/h1-4,7-8H,5-6H2. The summed E-state index contributed by atoms with van der Waals surface area (Å²) in [5, 5.41) is 0. The normalized spacial score (nSPS) is 14.4. The number of benzene rings is 1. The SMILES string of the molecule is O=C1CCc2c1cncc2-c1ccc(C(F)(F)F)cc1. The van der Waals surface area contributed by atoms with E-state index in [-0.39, 0.29) is 5.78 Å². The lowest BCUT2D eigenvalue weighted by molar-refractivity contribution is -0.137. The number of halogens is 3. The first-order valence-electron chi connectivity index (χ1n) is 6.14. The lowest BCUT2D eigenvalue weighted by atomic mass is 9.98. The largest absolute Gasteiger partial charge is 0.416 e. The number of rotatable bonds is 1. The first-order chi connectivity index (χ1) is 9.47. The third-order valence-electron chi connectivity index (χ3n) is 3.48. The topological polar surface area (TPSA) is 30.0 Å². The Hall–Kier alpha value is -2.17. The van der Waals surface area contributed by atoms with Crippen molar-refractivity contribution in [1.29, 1.82) is 0 Å². The molecule has 0 fully saturated rings. The predicted molar refractivity (Wildman–Crippen MR) is 67.3 cm³/mol.